The Morgan fingerprint density at radius 2 is 0.649 bits per heavy atom. The lowest BCUT2D eigenvalue weighted by atomic mass is 9.95. The maximum Gasteiger partial charge on any atom is 0.111 e. The number of aliphatic hydroxyl groups is 4. The molecular weight excluding hydrogens is 464 g/mol. The van der Waals surface area contributed by atoms with Gasteiger partial charge in [-0.3, -0.25) is 0 Å². The average Bonchev–Trinajstić information content (AvgIpc) is 2.90. The summed E-state index contributed by atoms with van der Waals surface area (Å²) in [4.78, 5) is 0. The van der Waals surface area contributed by atoms with E-state index in [9.17, 15) is 20.4 Å². The quantitative estimate of drug-likeness (QED) is 0.0710. The summed E-state index contributed by atoms with van der Waals surface area (Å²) in [5, 5.41) is 40.8. The van der Waals surface area contributed by atoms with Crippen LogP contribution in [0.15, 0.2) is 0 Å². The van der Waals surface area contributed by atoms with Crippen LogP contribution in [0.4, 0.5) is 0 Å². The molecule has 2 atom stereocenters. The monoisotopic (exact) mass is 530 g/mol. The molecule has 0 amide bonds. The Labute approximate surface area is 230 Å². The topological polar surface area (TPSA) is 90.2 Å². The number of ether oxygens (including phenoxy) is 1. The molecule has 224 valence electrons. The highest BCUT2D eigenvalue weighted by Crippen LogP contribution is 2.21. The minimum Gasteiger partial charge on any atom is -0.393 e. The molecule has 0 spiro atoms. The minimum absolute atomic E-state index is 0.0121. The molecule has 0 aliphatic carbocycles. The van der Waals surface area contributed by atoms with Gasteiger partial charge in [-0.2, -0.15) is 0 Å². The summed E-state index contributed by atoms with van der Waals surface area (Å²) in [7, 11) is 0. The number of aliphatic hydroxyl groups excluding tert-OH is 2. The van der Waals surface area contributed by atoms with Crippen molar-refractivity contribution in [3.63, 3.8) is 0 Å². The van der Waals surface area contributed by atoms with E-state index in [0.29, 0.717) is 12.8 Å². The van der Waals surface area contributed by atoms with Gasteiger partial charge in [0.25, 0.3) is 0 Å². The fourth-order valence-electron chi connectivity index (χ4n) is 5.06. The molecule has 5 nitrogen and oxygen atoms in total. The van der Waals surface area contributed by atoms with Crippen molar-refractivity contribution in [2.24, 2.45) is 0 Å². The second-order valence-electron chi connectivity index (χ2n) is 11.8. The Bertz CT molecular complexity index is 420. The lowest BCUT2D eigenvalue weighted by Gasteiger charge is -2.30. The molecular formula is C32H66O5. The first-order chi connectivity index (χ1) is 17.9. The zero-order chi connectivity index (χ0) is 27.5. The zero-order valence-corrected chi connectivity index (χ0v) is 25.0. The van der Waals surface area contributed by atoms with Gasteiger partial charge in [0.2, 0.25) is 0 Å². The van der Waals surface area contributed by atoms with Gasteiger partial charge < -0.3 is 25.2 Å². The Kier molecular flexibility index (Phi) is 25.9. The molecule has 0 radical (unpaired) electrons. The highest BCUT2D eigenvalue weighted by atomic mass is 16.5. The molecule has 0 bridgehead atoms. The summed E-state index contributed by atoms with van der Waals surface area (Å²) >= 11 is 0. The molecule has 0 saturated carbocycles. The smallest absolute Gasteiger partial charge is 0.111 e. The van der Waals surface area contributed by atoms with Crippen LogP contribution in [0, 0.1) is 0 Å². The molecule has 0 heterocycles. The number of rotatable bonds is 30. The van der Waals surface area contributed by atoms with Crippen LogP contribution in [0.5, 0.6) is 0 Å². The Balaban J connectivity index is 3.85. The number of unbranched alkanes of at least 4 members (excludes halogenated alkanes) is 20. The zero-order valence-electron chi connectivity index (χ0n) is 25.0. The van der Waals surface area contributed by atoms with Gasteiger partial charge in [0.1, 0.15) is 11.2 Å². The lowest BCUT2D eigenvalue weighted by Crippen LogP contribution is -2.43. The highest BCUT2D eigenvalue weighted by Gasteiger charge is 2.30. The first-order valence-electron chi connectivity index (χ1n) is 16.2. The van der Waals surface area contributed by atoms with Crippen LogP contribution in [0.2, 0.25) is 0 Å². The first kappa shape index (κ1) is 36.8. The number of hydrogen-bond acceptors (Lipinski definition) is 5. The number of hydrogen-bond donors (Lipinski definition) is 4. The third-order valence-corrected chi connectivity index (χ3v) is 7.82. The molecule has 0 fully saturated rings. The fraction of sp³-hybridized carbons (Fsp3) is 1.00. The van der Waals surface area contributed by atoms with Crippen LogP contribution in [0.25, 0.3) is 0 Å². The van der Waals surface area contributed by atoms with E-state index in [1.54, 1.807) is 0 Å². The van der Waals surface area contributed by atoms with Crippen LogP contribution in [-0.2, 0) is 4.74 Å². The van der Waals surface area contributed by atoms with Crippen molar-refractivity contribution < 1.29 is 25.2 Å². The van der Waals surface area contributed by atoms with E-state index in [1.807, 2.05) is 0 Å². The molecule has 5 heteroatoms. The summed E-state index contributed by atoms with van der Waals surface area (Å²) in [6.07, 6.45) is 28.3. The summed E-state index contributed by atoms with van der Waals surface area (Å²) in [6.45, 7) is 3.78. The van der Waals surface area contributed by atoms with Crippen molar-refractivity contribution in [3.05, 3.63) is 0 Å². The van der Waals surface area contributed by atoms with Gasteiger partial charge in [0.05, 0.1) is 26.4 Å². The maximum absolute atomic E-state index is 10.7. The van der Waals surface area contributed by atoms with Crippen molar-refractivity contribution in [1.82, 2.24) is 0 Å². The third-order valence-electron chi connectivity index (χ3n) is 7.82. The van der Waals surface area contributed by atoms with Crippen LogP contribution in [0.1, 0.15) is 168 Å². The molecule has 2 unspecified atom stereocenters. The predicted octanol–water partition coefficient (Wildman–Crippen LogP) is 7.85. The maximum atomic E-state index is 10.7. The van der Waals surface area contributed by atoms with E-state index in [4.69, 9.17) is 4.74 Å². The van der Waals surface area contributed by atoms with Gasteiger partial charge in [-0.15, -0.1) is 0 Å². The molecule has 0 aromatic rings. The van der Waals surface area contributed by atoms with Crippen LogP contribution < -0.4 is 0 Å². The normalized spacial score (nSPS) is 15.1. The van der Waals surface area contributed by atoms with Gasteiger partial charge in [0, 0.05) is 0 Å². The fourth-order valence-corrected chi connectivity index (χ4v) is 5.06. The van der Waals surface area contributed by atoms with Crippen molar-refractivity contribution in [1.29, 1.82) is 0 Å². The van der Waals surface area contributed by atoms with Gasteiger partial charge >= 0.3 is 0 Å². The van der Waals surface area contributed by atoms with Crippen LogP contribution in [0.3, 0.4) is 0 Å². The van der Waals surface area contributed by atoms with Crippen molar-refractivity contribution in [2.75, 3.05) is 26.4 Å². The van der Waals surface area contributed by atoms with Crippen LogP contribution >= 0.6 is 0 Å². The van der Waals surface area contributed by atoms with Gasteiger partial charge in [-0.05, 0) is 12.8 Å². The van der Waals surface area contributed by atoms with Crippen molar-refractivity contribution in [2.45, 2.75) is 179 Å². The predicted molar refractivity (Wildman–Crippen MR) is 157 cm³/mol. The molecule has 0 aromatic heterocycles. The Morgan fingerprint density at radius 3 is 0.892 bits per heavy atom. The molecule has 0 saturated heterocycles. The minimum atomic E-state index is -1.27. The summed E-state index contributed by atoms with van der Waals surface area (Å²) in [6, 6.07) is 0. The van der Waals surface area contributed by atoms with Gasteiger partial charge in [-0.1, -0.05) is 155 Å². The molecule has 0 rings (SSSR count). The standard InChI is InChI=1S/C32H66O5/c1-3-5-7-9-11-13-15-17-19-21-23-25-31(35,27-33)29-37-30-32(36,28-34)26-24-22-20-18-16-14-12-10-8-6-4-2/h33-36H,3-30H2,1-2H3. The molecule has 0 aliphatic rings. The second-order valence-corrected chi connectivity index (χ2v) is 11.8. The third kappa shape index (κ3) is 23.4. The SMILES string of the molecule is CCCCCCCCCCCCCC(O)(CO)COCC(O)(CO)CCCCCCCCCCCCC. The first-order valence-corrected chi connectivity index (χ1v) is 16.2. The summed E-state index contributed by atoms with van der Waals surface area (Å²) in [5.41, 5.74) is -2.54. The lowest BCUT2D eigenvalue weighted by molar-refractivity contribution is -0.129. The molecule has 37 heavy (non-hydrogen) atoms. The van der Waals surface area contributed by atoms with Gasteiger partial charge in [0.15, 0.2) is 0 Å². The molecule has 0 aliphatic heterocycles. The summed E-state index contributed by atoms with van der Waals surface area (Å²) in [5.74, 6) is 0. The van der Waals surface area contributed by atoms with Gasteiger partial charge in [-0.25, -0.2) is 0 Å². The van der Waals surface area contributed by atoms with E-state index in [1.165, 1.54) is 116 Å². The van der Waals surface area contributed by atoms with E-state index in [0.717, 1.165) is 25.7 Å². The molecule has 0 aromatic carbocycles. The van der Waals surface area contributed by atoms with E-state index in [2.05, 4.69) is 13.8 Å². The van der Waals surface area contributed by atoms with E-state index < -0.39 is 11.2 Å². The van der Waals surface area contributed by atoms with Crippen molar-refractivity contribution >= 4 is 0 Å². The Hall–Kier alpha value is -0.200. The van der Waals surface area contributed by atoms with Crippen molar-refractivity contribution in [3.8, 4) is 0 Å². The Morgan fingerprint density at radius 1 is 0.405 bits per heavy atom. The average molecular weight is 531 g/mol. The van der Waals surface area contributed by atoms with E-state index >= 15 is 0 Å². The van der Waals surface area contributed by atoms with Crippen LogP contribution in [-0.4, -0.2) is 58.1 Å². The second kappa shape index (κ2) is 26.0. The summed E-state index contributed by atoms with van der Waals surface area (Å²) < 4.78 is 5.63. The molecule has 4 N–H and O–H groups in total. The highest BCUT2D eigenvalue weighted by molar-refractivity contribution is 4.81. The van der Waals surface area contributed by atoms with E-state index in [-0.39, 0.29) is 26.4 Å². The largest absolute Gasteiger partial charge is 0.393 e.